The number of ether oxygens (including phenoxy) is 1. The first-order chi connectivity index (χ1) is 5.65. The van der Waals surface area contributed by atoms with E-state index < -0.39 is 4.92 Å². The van der Waals surface area contributed by atoms with Gasteiger partial charge in [0.1, 0.15) is 5.02 Å². The fraction of sp³-hybridized carbons (Fsp3) is 0.167. The quantitative estimate of drug-likeness (QED) is 0.523. The number of hydrogen-bond donors (Lipinski definition) is 0. The van der Waals surface area contributed by atoms with Gasteiger partial charge in [-0.2, -0.15) is 0 Å². The second-order valence-electron chi connectivity index (χ2n) is 1.92. The summed E-state index contributed by atoms with van der Waals surface area (Å²) in [5.41, 5.74) is 0. The first-order valence-corrected chi connectivity index (χ1v) is 3.38. The van der Waals surface area contributed by atoms with Crippen LogP contribution < -0.4 is 4.74 Å². The largest absolute Gasteiger partial charge is 0.462 e. The fourth-order valence-electron chi connectivity index (χ4n) is 0.659. The molecule has 12 heavy (non-hydrogen) atoms. The maximum absolute atomic E-state index is 10.2. The average molecular weight is 189 g/mol. The zero-order valence-corrected chi connectivity index (χ0v) is 6.91. The minimum absolute atomic E-state index is 0.0610. The van der Waals surface area contributed by atoms with Gasteiger partial charge in [-0.05, 0) is 11.0 Å². The second kappa shape index (κ2) is 3.36. The summed E-state index contributed by atoms with van der Waals surface area (Å²) < 4.78 is 4.69. The van der Waals surface area contributed by atoms with Crippen molar-refractivity contribution in [3.8, 4) is 5.88 Å². The molecule has 0 aliphatic rings. The van der Waals surface area contributed by atoms with Crippen molar-refractivity contribution < 1.29 is 9.66 Å². The summed E-state index contributed by atoms with van der Waals surface area (Å²) in [4.78, 5) is 13.1. The molecule has 1 aromatic rings. The summed E-state index contributed by atoms with van der Waals surface area (Å²) in [5, 5.41) is 10.5. The lowest BCUT2D eigenvalue weighted by molar-refractivity contribution is -0.389. The Morgan fingerprint density at radius 3 is 2.83 bits per heavy atom. The Bertz CT molecular complexity index is 316. The third-order valence-electron chi connectivity index (χ3n) is 1.18. The molecule has 0 N–H and O–H groups in total. The summed E-state index contributed by atoms with van der Waals surface area (Å²) in [6.45, 7) is 0. The van der Waals surface area contributed by atoms with Crippen molar-refractivity contribution in [3.05, 3.63) is 27.3 Å². The van der Waals surface area contributed by atoms with Crippen LogP contribution in [0, 0.1) is 10.1 Å². The van der Waals surface area contributed by atoms with Gasteiger partial charge in [0.15, 0.2) is 0 Å². The van der Waals surface area contributed by atoms with Gasteiger partial charge in [-0.15, -0.1) is 0 Å². The predicted octanol–water partition coefficient (Wildman–Crippen LogP) is 1.65. The van der Waals surface area contributed by atoms with Gasteiger partial charge in [0, 0.05) is 11.1 Å². The zero-order chi connectivity index (χ0) is 9.14. The molecule has 64 valence electrons. The van der Waals surface area contributed by atoms with Crippen molar-refractivity contribution in [2.75, 3.05) is 7.11 Å². The van der Waals surface area contributed by atoms with Gasteiger partial charge in [0.2, 0.25) is 0 Å². The molecule has 0 radical (unpaired) electrons. The molecule has 1 rings (SSSR count). The molecule has 0 unspecified atom stereocenters. The smallest absolute Gasteiger partial charge is 0.367 e. The SMILES string of the molecule is COc1nc([N+](=O)[O-])ccc1Cl. The van der Waals surface area contributed by atoms with Gasteiger partial charge in [0.25, 0.3) is 0 Å². The zero-order valence-electron chi connectivity index (χ0n) is 6.15. The molecule has 6 heteroatoms. The molecule has 0 aliphatic carbocycles. The molecule has 0 amide bonds. The summed E-state index contributed by atoms with van der Waals surface area (Å²) in [6, 6.07) is 2.58. The van der Waals surface area contributed by atoms with E-state index in [2.05, 4.69) is 9.72 Å². The molecule has 0 saturated heterocycles. The summed E-state index contributed by atoms with van der Waals surface area (Å²) in [7, 11) is 1.35. The van der Waals surface area contributed by atoms with Crippen LogP contribution in [0.15, 0.2) is 12.1 Å². The number of pyridine rings is 1. The lowest BCUT2D eigenvalue weighted by Crippen LogP contribution is -1.94. The van der Waals surface area contributed by atoms with Crippen molar-refractivity contribution in [2.45, 2.75) is 0 Å². The van der Waals surface area contributed by atoms with Crippen molar-refractivity contribution >= 4 is 17.4 Å². The van der Waals surface area contributed by atoms with E-state index in [4.69, 9.17) is 11.6 Å². The number of nitrogens with zero attached hydrogens (tertiary/aromatic N) is 2. The fourth-order valence-corrected chi connectivity index (χ4v) is 0.841. The number of methoxy groups -OCH3 is 1. The van der Waals surface area contributed by atoms with Crippen LogP contribution in [0.25, 0.3) is 0 Å². The van der Waals surface area contributed by atoms with Crippen LogP contribution in [-0.2, 0) is 0 Å². The number of rotatable bonds is 2. The Morgan fingerprint density at radius 2 is 2.33 bits per heavy atom. The van der Waals surface area contributed by atoms with Crippen LogP contribution >= 0.6 is 11.6 Å². The molecule has 0 aromatic carbocycles. The first-order valence-electron chi connectivity index (χ1n) is 3.00. The molecule has 5 nitrogen and oxygen atoms in total. The number of aromatic nitrogens is 1. The molecule has 0 atom stereocenters. The highest BCUT2D eigenvalue weighted by atomic mass is 35.5. The lowest BCUT2D eigenvalue weighted by atomic mass is 10.4. The van der Waals surface area contributed by atoms with E-state index in [1.165, 1.54) is 19.2 Å². The van der Waals surface area contributed by atoms with Crippen LogP contribution in [0.4, 0.5) is 5.82 Å². The normalized spacial score (nSPS) is 9.50. The van der Waals surface area contributed by atoms with Crippen molar-refractivity contribution in [1.82, 2.24) is 4.98 Å². The van der Waals surface area contributed by atoms with Crippen LogP contribution in [0.2, 0.25) is 5.02 Å². The van der Waals surface area contributed by atoms with E-state index in [0.717, 1.165) is 0 Å². The molecule has 0 bridgehead atoms. The highest BCUT2D eigenvalue weighted by molar-refractivity contribution is 6.31. The minimum atomic E-state index is -0.612. The molecule has 1 aromatic heterocycles. The average Bonchev–Trinajstić information content (AvgIpc) is 2.05. The molecule has 0 spiro atoms. The Balaban J connectivity index is 3.13. The van der Waals surface area contributed by atoms with Crippen LogP contribution in [0.5, 0.6) is 5.88 Å². The van der Waals surface area contributed by atoms with Crippen molar-refractivity contribution in [3.63, 3.8) is 0 Å². The van der Waals surface area contributed by atoms with Crippen molar-refractivity contribution in [1.29, 1.82) is 0 Å². The van der Waals surface area contributed by atoms with Crippen LogP contribution in [-0.4, -0.2) is 17.0 Å². The number of nitro groups is 1. The standard InChI is InChI=1S/C6H5ClN2O3/c1-12-6-4(7)2-3-5(8-6)9(10)11/h2-3H,1H3. The van der Waals surface area contributed by atoms with E-state index >= 15 is 0 Å². The monoisotopic (exact) mass is 188 g/mol. The highest BCUT2D eigenvalue weighted by Crippen LogP contribution is 2.23. The van der Waals surface area contributed by atoms with Gasteiger partial charge in [-0.3, -0.25) is 0 Å². The molecule has 0 saturated carbocycles. The van der Waals surface area contributed by atoms with Gasteiger partial charge in [0.05, 0.1) is 7.11 Å². The van der Waals surface area contributed by atoms with E-state index in [9.17, 15) is 10.1 Å². The van der Waals surface area contributed by atoms with Gasteiger partial charge in [-0.1, -0.05) is 11.6 Å². The van der Waals surface area contributed by atoms with E-state index in [1.54, 1.807) is 0 Å². The minimum Gasteiger partial charge on any atom is -0.462 e. The first kappa shape index (κ1) is 8.73. The Kier molecular flexibility index (Phi) is 2.44. The lowest BCUT2D eigenvalue weighted by Gasteiger charge is -1.96. The Hall–Kier alpha value is -1.36. The van der Waals surface area contributed by atoms with Crippen LogP contribution in [0.3, 0.4) is 0 Å². The van der Waals surface area contributed by atoms with Gasteiger partial charge >= 0.3 is 11.7 Å². The summed E-state index contributed by atoms with van der Waals surface area (Å²) >= 11 is 5.59. The van der Waals surface area contributed by atoms with E-state index in [-0.39, 0.29) is 16.7 Å². The molecular weight excluding hydrogens is 184 g/mol. The van der Waals surface area contributed by atoms with E-state index in [0.29, 0.717) is 0 Å². The highest BCUT2D eigenvalue weighted by Gasteiger charge is 2.13. The Morgan fingerprint density at radius 1 is 1.67 bits per heavy atom. The van der Waals surface area contributed by atoms with Crippen LogP contribution in [0.1, 0.15) is 0 Å². The molecular formula is C6H5ClN2O3. The second-order valence-corrected chi connectivity index (χ2v) is 2.32. The number of halogens is 1. The maximum atomic E-state index is 10.2. The van der Waals surface area contributed by atoms with E-state index in [1.807, 2.05) is 0 Å². The Labute approximate surface area is 73.1 Å². The third kappa shape index (κ3) is 1.62. The predicted molar refractivity (Wildman–Crippen MR) is 42.5 cm³/mol. The summed E-state index contributed by atoms with van der Waals surface area (Å²) in [5.74, 6) is -0.220. The molecule has 0 fully saturated rings. The van der Waals surface area contributed by atoms with Gasteiger partial charge in [-0.25, -0.2) is 0 Å². The molecule has 0 aliphatic heterocycles. The third-order valence-corrected chi connectivity index (χ3v) is 1.47. The van der Waals surface area contributed by atoms with Crippen molar-refractivity contribution in [2.24, 2.45) is 0 Å². The number of hydrogen-bond acceptors (Lipinski definition) is 4. The summed E-state index contributed by atoms with van der Waals surface area (Å²) in [6.07, 6.45) is 0. The molecule has 1 heterocycles. The van der Waals surface area contributed by atoms with Gasteiger partial charge < -0.3 is 14.9 Å². The topological polar surface area (TPSA) is 65.3 Å². The maximum Gasteiger partial charge on any atom is 0.367 e.